The smallest absolute Gasteiger partial charge is 0.145 e. The summed E-state index contributed by atoms with van der Waals surface area (Å²) in [7, 11) is 5.79. The van der Waals surface area contributed by atoms with Crippen molar-refractivity contribution in [2.45, 2.75) is 133 Å². The highest BCUT2D eigenvalue weighted by Gasteiger charge is 2.68. The predicted molar refractivity (Wildman–Crippen MR) is 306 cm³/mol. The van der Waals surface area contributed by atoms with Crippen molar-refractivity contribution in [3.8, 4) is 0 Å². The third-order valence-electron chi connectivity index (χ3n) is 19.0. The number of methoxy groups -OCH3 is 1. The molecule has 3 saturated carbocycles. The predicted octanol–water partition coefficient (Wildman–Crippen LogP) is 8.53. The van der Waals surface area contributed by atoms with E-state index in [2.05, 4.69) is 109 Å². The van der Waals surface area contributed by atoms with Gasteiger partial charge in [-0.1, -0.05) is 127 Å². The lowest BCUT2D eigenvalue weighted by atomic mass is 9.45. The monoisotopic (exact) mass is 1050 g/mol. The van der Waals surface area contributed by atoms with E-state index in [-0.39, 0.29) is 54.9 Å². The first kappa shape index (κ1) is 59.8. The van der Waals surface area contributed by atoms with Crippen LogP contribution in [0.1, 0.15) is 114 Å². The molecule has 11 nitrogen and oxygen atoms in total. The molecule has 11 heteroatoms. The van der Waals surface area contributed by atoms with Crippen LogP contribution in [0.5, 0.6) is 0 Å². The molecule has 0 amide bonds. The van der Waals surface area contributed by atoms with Crippen LogP contribution in [0.2, 0.25) is 0 Å². The van der Waals surface area contributed by atoms with Gasteiger partial charge in [-0.25, -0.2) is 0 Å². The fraction of sp³-hybridized carbons (Fsp3) is 0.615. The summed E-state index contributed by atoms with van der Waals surface area (Å²) in [4.78, 5) is 12.6. The van der Waals surface area contributed by atoms with E-state index in [0.717, 1.165) is 68.2 Å². The van der Waals surface area contributed by atoms with E-state index >= 15 is 0 Å². The minimum absolute atomic E-state index is 0.0563. The van der Waals surface area contributed by atoms with E-state index in [9.17, 15) is 30.3 Å². The highest BCUT2D eigenvalue weighted by molar-refractivity contribution is 5.74. The number of aliphatic hydroxyl groups is 5. The summed E-state index contributed by atoms with van der Waals surface area (Å²) in [5.41, 5.74) is 6.23. The fourth-order valence-corrected chi connectivity index (χ4v) is 15.2. The van der Waals surface area contributed by atoms with Crippen molar-refractivity contribution >= 4 is 6.29 Å². The van der Waals surface area contributed by atoms with E-state index in [1.54, 1.807) is 0 Å². The maximum absolute atomic E-state index is 13.2. The summed E-state index contributed by atoms with van der Waals surface area (Å²) in [5, 5.41) is 67.9. The van der Waals surface area contributed by atoms with E-state index in [0.29, 0.717) is 62.7 Å². The van der Waals surface area contributed by atoms with Crippen LogP contribution in [-0.2, 0) is 27.1 Å². The van der Waals surface area contributed by atoms with Gasteiger partial charge < -0.3 is 51.0 Å². The van der Waals surface area contributed by atoms with Crippen molar-refractivity contribution in [2.24, 2.45) is 46.8 Å². The molecule has 418 valence electrons. The van der Waals surface area contributed by atoms with Gasteiger partial charge in [-0.05, 0) is 181 Å². The zero-order valence-corrected chi connectivity index (χ0v) is 46.7. The topological polar surface area (TPSA) is 173 Å². The number of hydrogen-bond donors (Lipinski definition) is 8. The van der Waals surface area contributed by atoms with E-state index in [1.165, 1.54) is 47.9 Å². The third-order valence-corrected chi connectivity index (χ3v) is 19.0. The molecule has 5 aliphatic rings. The molecule has 8 N–H and O–H groups in total. The minimum atomic E-state index is -1.29. The Bertz CT molecular complexity index is 2340. The van der Waals surface area contributed by atoms with Gasteiger partial charge in [0.25, 0.3) is 0 Å². The van der Waals surface area contributed by atoms with Crippen LogP contribution in [0, 0.1) is 46.8 Å². The number of carbonyl (C=O) groups is 1. The van der Waals surface area contributed by atoms with Crippen LogP contribution in [0.4, 0.5) is 0 Å². The van der Waals surface area contributed by atoms with Crippen LogP contribution in [-0.4, -0.2) is 129 Å². The number of ether oxygens (including phenoxy) is 2. The maximum Gasteiger partial charge on any atom is 0.145 e. The molecule has 2 aromatic carbocycles. The van der Waals surface area contributed by atoms with Gasteiger partial charge in [0.2, 0.25) is 0 Å². The van der Waals surface area contributed by atoms with Gasteiger partial charge >= 0.3 is 0 Å². The lowest BCUT2D eigenvalue weighted by Gasteiger charge is -2.61. The number of allylic oxidation sites excluding steroid dienone is 9. The standard InChI is InChI=1S/C65H95N3O8/c1-45-22-26-56(57(27-23-48-15-8-7-9-16-48)51-19-13-17-49(36-51)37-63(68-39-45,32-35-75-6)59-21-11-10-18-53(59)40-67-5)46(2)14-12-20-54(43-76-44-55(72)42-71)58-28-30-65(62(58)73)61-50(29-34-69)24-25-52(60(61)47(3)41-70)38-64(65,74)31-33-66-4/h7-9,12-17,19-20,22,24-25,36,41,50,52-53,55-59,61-62,66-69,71-74H,2,10-11,18,21,23,26-35,37-40,42-44H2,1,3-6H3. The molecule has 13 unspecified atom stereocenters. The van der Waals surface area contributed by atoms with Crippen LogP contribution in [0.15, 0.2) is 125 Å². The Labute approximate surface area is 456 Å². The van der Waals surface area contributed by atoms with Gasteiger partial charge in [0.1, 0.15) is 12.4 Å². The summed E-state index contributed by atoms with van der Waals surface area (Å²) < 4.78 is 12.0. The first-order valence-electron chi connectivity index (χ1n) is 28.9. The van der Waals surface area contributed by atoms with Gasteiger partial charge in [-0.3, -0.25) is 4.79 Å². The van der Waals surface area contributed by atoms with Crippen molar-refractivity contribution in [1.29, 1.82) is 0 Å². The molecule has 1 aliphatic heterocycles. The molecule has 1 heterocycles. The van der Waals surface area contributed by atoms with Gasteiger partial charge in [-0.2, -0.15) is 0 Å². The van der Waals surface area contributed by atoms with Gasteiger partial charge in [0, 0.05) is 49.7 Å². The molecule has 1 spiro atoms. The zero-order valence-electron chi connectivity index (χ0n) is 46.7. The number of carbonyl (C=O) groups excluding carboxylic acids is 1. The molecule has 0 aromatic heterocycles. The third kappa shape index (κ3) is 13.6. The SMILES string of the molecule is C=C(C=CC=C(COCC(O)CO)C1CCC2(C1O)C1C(=C(C)C=O)C(C=CC1CCO)CC2(O)CCNC)C1CC=C(C)CNC(CCOC)(C2CCCCC2CNC)Cc2cccc(c2)C1CCc1ccccc1. The molecular formula is C65H95N3O8. The lowest BCUT2D eigenvalue weighted by Crippen LogP contribution is -2.65. The van der Waals surface area contributed by atoms with Crippen LogP contribution in [0.25, 0.3) is 0 Å². The number of benzene rings is 2. The quantitative estimate of drug-likeness (QED) is 0.0219. The van der Waals surface area contributed by atoms with E-state index < -0.39 is 35.7 Å². The highest BCUT2D eigenvalue weighted by atomic mass is 16.5. The Morgan fingerprint density at radius 3 is 2.54 bits per heavy atom. The normalized spacial score (nSPS) is 33.2. The molecule has 4 aliphatic carbocycles. The summed E-state index contributed by atoms with van der Waals surface area (Å²) in [6.07, 6.45) is 23.5. The molecular weight excluding hydrogens is 951 g/mol. The molecule has 0 radical (unpaired) electrons. The van der Waals surface area contributed by atoms with Gasteiger partial charge in [-0.15, -0.1) is 0 Å². The van der Waals surface area contributed by atoms with Crippen LogP contribution in [0.3, 0.4) is 0 Å². The zero-order chi connectivity index (χ0) is 54.3. The van der Waals surface area contributed by atoms with E-state index in [1.807, 2.05) is 33.2 Å². The largest absolute Gasteiger partial charge is 0.396 e. The Morgan fingerprint density at radius 1 is 1.00 bits per heavy atom. The number of aliphatic hydroxyl groups excluding tert-OH is 4. The van der Waals surface area contributed by atoms with E-state index in [4.69, 9.17) is 16.1 Å². The second-order valence-electron chi connectivity index (χ2n) is 23.6. The molecule has 2 aromatic rings. The van der Waals surface area contributed by atoms with Crippen LogP contribution >= 0.6 is 0 Å². The molecule has 0 saturated heterocycles. The minimum Gasteiger partial charge on any atom is -0.396 e. The second kappa shape index (κ2) is 28.3. The fourth-order valence-electron chi connectivity index (χ4n) is 15.2. The molecule has 76 heavy (non-hydrogen) atoms. The second-order valence-corrected chi connectivity index (χ2v) is 23.6. The summed E-state index contributed by atoms with van der Waals surface area (Å²) >= 11 is 0. The number of hydrogen-bond acceptors (Lipinski definition) is 11. The van der Waals surface area contributed by atoms with Crippen LogP contribution < -0.4 is 16.0 Å². The molecule has 4 bridgehead atoms. The van der Waals surface area contributed by atoms with Crippen molar-refractivity contribution < 1.29 is 39.8 Å². The Morgan fingerprint density at radius 2 is 1.80 bits per heavy atom. The van der Waals surface area contributed by atoms with Gasteiger partial charge in [0.15, 0.2) is 0 Å². The molecule has 7 rings (SSSR count). The summed E-state index contributed by atoms with van der Waals surface area (Å²) in [6.45, 7) is 11.5. The average molecular weight is 1050 g/mol. The number of nitrogens with one attached hydrogen (secondary N) is 3. The summed E-state index contributed by atoms with van der Waals surface area (Å²) in [6, 6.07) is 20.2. The van der Waals surface area contributed by atoms with Crippen molar-refractivity contribution in [2.75, 3.05) is 73.9 Å². The van der Waals surface area contributed by atoms with Crippen molar-refractivity contribution in [3.63, 3.8) is 0 Å². The van der Waals surface area contributed by atoms with Crippen molar-refractivity contribution in [1.82, 2.24) is 16.0 Å². The number of aldehydes is 1. The number of fused-ring (bicyclic) bond motifs is 5. The molecule has 3 fully saturated rings. The Kier molecular flexibility index (Phi) is 22.3. The van der Waals surface area contributed by atoms with Gasteiger partial charge in [0.05, 0.1) is 31.5 Å². The molecule has 13 atom stereocenters. The maximum atomic E-state index is 13.2. The first-order valence-corrected chi connectivity index (χ1v) is 28.9. The first-order chi connectivity index (χ1) is 36.8. The summed E-state index contributed by atoms with van der Waals surface area (Å²) in [5.74, 6) is 0.141. The Balaban J connectivity index is 1.27. The average Bonchev–Trinajstić information content (AvgIpc) is 3.88. The lowest BCUT2D eigenvalue weighted by molar-refractivity contribution is -0.194. The highest BCUT2D eigenvalue weighted by Crippen LogP contribution is 2.67. The van der Waals surface area contributed by atoms with Crippen molar-refractivity contribution in [3.05, 3.63) is 142 Å². The number of aryl methyl sites for hydroxylation is 1. The Hall–Kier alpha value is -3.85. The number of rotatable bonds is 24.